The van der Waals surface area contributed by atoms with E-state index >= 15 is 0 Å². The van der Waals surface area contributed by atoms with Crippen LogP contribution in [0, 0.1) is 5.92 Å². The molecule has 0 radical (unpaired) electrons. The second-order valence-electron chi connectivity index (χ2n) is 11.2. The minimum absolute atomic E-state index is 0.00938. The fourth-order valence-corrected chi connectivity index (χ4v) is 5.53. The number of ether oxygens (including phenoxy) is 2. The van der Waals surface area contributed by atoms with Crippen molar-refractivity contribution in [1.82, 2.24) is 10.2 Å². The van der Waals surface area contributed by atoms with Crippen molar-refractivity contribution in [3.63, 3.8) is 0 Å². The normalized spacial score (nSPS) is 20.1. The Kier molecular flexibility index (Phi) is 10.2. The van der Waals surface area contributed by atoms with Gasteiger partial charge in [-0.15, -0.1) is 6.58 Å². The first-order chi connectivity index (χ1) is 20.9. The number of amides is 1. The highest BCUT2D eigenvalue weighted by Crippen LogP contribution is 2.42. The number of benzene rings is 4. The highest BCUT2D eigenvalue weighted by molar-refractivity contribution is 5.94. The third kappa shape index (κ3) is 7.66. The maximum atomic E-state index is 12.5. The molecule has 0 aliphatic carbocycles. The summed E-state index contributed by atoms with van der Waals surface area (Å²) >= 11 is 0. The first-order valence-electron chi connectivity index (χ1n) is 14.8. The van der Waals surface area contributed by atoms with Crippen molar-refractivity contribution in [2.45, 2.75) is 38.6 Å². The number of aliphatic hydroxyl groups is 1. The summed E-state index contributed by atoms with van der Waals surface area (Å²) in [5, 5.41) is 12.5. The van der Waals surface area contributed by atoms with Gasteiger partial charge in [-0.05, 0) is 59.1 Å². The minimum Gasteiger partial charge on any atom is -0.392 e. The molecule has 1 heterocycles. The standard InChI is InChI=1S/C37H40N2O4/c1-4-20-39(3)24-34-26(2)35(29-18-16-27(25-40)17-19-29)43-37(42-34)33-15-9-14-32(22-33)31-13-8-10-28(21-31)23-38-36(41)30-11-6-5-7-12-30/h4-19,21-22,26,34-35,37,40H,1,20,23-25H2,2-3H3,(H,38,41). The second kappa shape index (κ2) is 14.4. The summed E-state index contributed by atoms with van der Waals surface area (Å²) in [6, 6.07) is 33.7. The largest absolute Gasteiger partial charge is 0.392 e. The van der Waals surface area contributed by atoms with Crippen molar-refractivity contribution in [3.05, 3.63) is 144 Å². The molecular weight excluding hydrogens is 536 g/mol. The maximum Gasteiger partial charge on any atom is 0.251 e. The molecule has 1 aliphatic heterocycles. The Labute approximate surface area is 254 Å². The van der Waals surface area contributed by atoms with Crippen LogP contribution in [-0.2, 0) is 22.6 Å². The van der Waals surface area contributed by atoms with Crippen LogP contribution < -0.4 is 5.32 Å². The summed E-state index contributed by atoms with van der Waals surface area (Å²) in [4.78, 5) is 14.8. The Bertz CT molecular complexity index is 1500. The van der Waals surface area contributed by atoms with Crippen LogP contribution in [0.4, 0.5) is 0 Å². The van der Waals surface area contributed by atoms with Gasteiger partial charge in [0, 0.05) is 36.7 Å². The van der Waals surface area contributed by atoms with Crippen LogP contribution in [0.1, 0.15) is 51.9 Å². The predicted molar refractivity (Wildman–Crippen MR) is 170 cm³/mol. The lowest BCUT2D eigenvalue weighted by Gasteiger charge is -2.42. The zero-order valence-electron chi connectivity index (χ0n) is 24.9. The number of hydrogen-bond acceptors (Lipinski definition) is 5. The van der Waals surface area contributed by atoms with Crippen molar-refractivity contribution in [3.8, 4) is 11.1 Å². The molecule has 6 nitrogen and oxygen atoms in total. The van der Waals surface area contributed by atoms with Gasteiger partial charge >= 0.3 is 0 Å². The number of rotatable bonds is 11. The number of nitrogens with one attached hydrogen (secondary N) is 1. The summed E-state index contributed by atoms with van der Waals surface area (Å²) in [6.45, 7) is 8.02. The molecule has 6 heteroatoms. The molecule has 4 aromatic rings. The van der Waals surface area contributed by atoms with Gasteiger partial charge in [0.25, 0.3) is 5.91 Å². The van der Waals surface area contributed by atoms with Crippen LogP contribution in [0.2, 0.25) is 0 Å². The van der Waals surface area contributed by atoms with E-state index in [1.807, 2.05) is 84.9 Å². The summed E-state index contributed by atoms with van der Waals surface area (Å²) in [6.07, 6.45) is 1.12. The fourth-order valence-electron chi connectivity index (χ4n) is 5.53. The van der Waals surface area contributed by atoms with E-state index in [1.54, 1.807) is 0 Å². The lowest BCUT2D eigenvalue weighted by Crippen LogP contribution is -2.43. The average molecular weight is 577 g/mol. The zero-order chi connectivity index (χ0) is 30.2. The molecule has 222 valence electrons. The molecule has 5 rings (SSSR count). The van der Waals surface area contributed by atoms with Gasteiger partial charge in [-0.1, -0.05) is 91.9 Å². The molecule has 0 aromatic heterocycles. The second-order valence-corrected chi connectivity index (χ2v) is 11.2. The Hall–Kier alpha value is -4.07. The van der Waals surface area contributed by atoms with E-state index in [4.69, 9.17) is 9.47 Å². The molecule has 0 spiro atoms. The van der Waals surface area contributed by atoms with Crippen molar-refractivity contribution in [1.29, 1.82) is 0 Å². The first-order valence-corrected chi connectivity index (χ1v) is 14.8. The number of hydrogen-bond donors (Lipinski definition) is 2. The van der Waals surface area contributed by atoms with Crippen molar-refractivity contribution >= 4 is 5.91 Å². The molecule has 43 heavy (non-hydrogen) atoms. The number of aliphatic hydroxyl groups excluding tert-OH is 1. The zero-order valence-corrected chi connectivity index (χ0v) is 24.9. The van der Waals surface area contributed by atoms with Gasteiger partial charge in [0.2, 0.25) is 0 Å². The molecule has 0 saturated carbocycles. The Morgan fingerprint density at radius 2 is 1.60 bits per heavy atom. The van der Waals surface area contributed by atoms with E-state index in [9.17, 15) is 9.90 Å². The van der Waals surface area contributed by atoms with E-state index < -0.39 is 6.29 Å². The minimum atomic E-state index is -0.547. The quantitative estimate of drug-likeness (QED) is 0.195. The Morgan fingerprint density at radius 3 is 2.33 bits per heavy atom. The topological polar surface area (TPSA) is 71.0 Å². The SMILES string of the molecule is C=CCN(C)CC1OC(c2cccc(-c3cccc(CNC(=O)c4ccccc4)c3)c2)OC(c2ccc(CO)cc2)C1C. The summed E-state index contributed by atoms with van der Waals surface area (Å²) < 4.78 is 13.3. The van der Waals surface area contributed by atoms with Crippen molar-refractivity contribution in [2.24, 2.45) is 5.92 Å². The van der Waals surface area contributed by atoms with Crippen LogP contribution in [0.5, 0.6) is 0 Å². The first kappa shape index (κ1) is 30.4. The molecule has 1 aliphatic rings. The van der Waals surface area contributed by atoms with E-state index in [1.165, 1.54) is 0 Å². The van der Waals surface area contributed by atoms with Crippen LogP contribution >= 0.6 is 0 Å². The van der Waals surface area contributed by atoms with Gasteiger partial charge in [0.1, 0.15) is 0 Å². The maximum absolute atomic E-state index is 12.5. The van der Waals surface area contributed by atoms with Crippen LogP contribution in [0.15, 0.2) is 116 Å². The van der Waals surface area contributed by atoms with Crippen LogP contribution in [-0.4, -0.2) is 42.2 Å². The molecule has 4 atom stereocenters. The molecular formula is C37H40N2O4. The molecule has 2 N–H and O–H groups in total. The van der Waals surface area contributed by atoms with Crippen LogP contribution in [0.25, 0.3) is 11.1 Å². The summed E-state index contributed by atoms with van der Waals surface area (Å²) in [5.74, 6) is 0.0112. The van der Waals surface area contributed by atoms with E-state index in [0.29, 0.717) is 12.1 Å². The third-order valence-electron chi connectivity index (χ3n) is 7.96. The van der Waals surface area contributed by atoms with Crippen molar-refractivity contribution in [2.75, 3.05) is 20.1 Å². The number of likely N-dealkylation sites (N-methyl/N-ethyl adjacent to an activating group) is 1. The van der Waals surface area contributed by atoms with Gasteiger partial charge < -0.3 is 24.8 Å². The van der Waals surface area contributed by atoms with Gasteiger partial charge in [0.15, 0.2) is 6.29 Å². The van der Waals surface area contributed by atoms with Gasteiger partial charge in [-0.25, -0.2) is 0 Å². The number of carbonyl (C=O) groups excluding carboxylic acids is 1. The van der Waals surface area contributed by atoms with E-state index in [-0.39, 0.29) is 30.6 Å². The van der Waals surface area contributed by atoms with Gasteiger partial charge in [-0.2, -0.15) is 0 Å². The van der Waals surface area contributed by atoms with Crippen molar-refractivity contribution < 1.29 is 19.4 Å². The van der Waals surface area contributed by atoms with Gasteiger partial charge in [-0.3, -0.25) is 4.79 Å². The molecule has 4 unspecified atom stereocenters. The summed E-state index contributed by atoms with van der Waals surface area (Å²) in [7, 11) is 2.07. The Balaban J connectivity index is 1.36. The highest BCUT2D eigenvalue weighted by atomic mass is 16.7. The third-order valence-corrected chi connectivity index (χ3v) is 7.96. The highest BCUT2D eigenvalue weighted by Gasteiger charge is 2.38. The fraction of sp³-hybridized carbons (Fsp3) is 0.270. The summed E-state index contributed by atoms with van der Waals surface area (Å²) in [5.41, 5.74) is 6.64. The molecule has 0 bridgehead atoms. The molecule has 4 aromatic carbocycles. The number of nitrogens with zero attached hydrogens (tertiary/aromatic N) is 1. The van der Waals surface area contributed by atoms with E-state index in [0.717, 1.165) is 46.5 Å². The average Bonchev–Trinajstić information content (AvgIpc) is 3.05. The predicted octanol–water partition coefficient (Wildman–Crippen LogP) is 6.69. The van der Waals surface area contributed by atoms with Crippen LogP contribution in [0.3, 0.4) is 0 Å². The smallest absolute Gasteiger partial charge is 0.251 e. The van der Waals surface area contributed by atoms with Gasteiger partial charge in [0.05, 0.1) is 18.8 Å². The monoisotopic (exact) mass is 576 g/mol. The molecule has 1 fully saturated rings. The number of carbonyl (C=O) groups is 1. The Morgan fingerprint density at radius 1 is 0.884 bits per heavy atom. The molecule has 1 amide bonds. The van der Waals surface area contributed by atoms with E-state index in [2.05, 4.69) is 55.0 Å². The lowest BCUT2D eigenvalue weighted by molar-refractivity contribution is -0.275. The lowest BCUT2D eigenvalue weighted by atomic mass is 9.90. The molecule has 1 saturated heterocycles.